The molecule has 0 radical (unpaired) electrons. The van der Waals surface area contributed by atoms with Crippen molar-refractivity contribution >= 4 is 5.78 Å². The summed E-state index contributed by atoms with van der Waals surface area (Å²) in [5, 5.41) is 0. The molecular formula is C15H12O. The van der Waals surface area contributed by atoms with Gasteiger partial charge in [0.25, 0.3) is 0 Å². The van der Waals surface area contributed by atoms with Crippen molar-refractivity contribution < 1.29 is 4.79 Å². The third-order valence-corrected chi connectivity index (χ3v) is 2.29. The SMILES string of the molecule is O=C(C1=C/C=C\C=C/C=C1)c1ccccc1. The molecule has 0 N–H and O–H groups in total. The van der Waals surface area contributed by atoms with Gasteiger partial charge in [0.05, 0.1) is 0 Å². The van der Waals surface area contributed by atoms with Gasteiger partial charge >= 0.3 is 0 Å². The number of hydrogen-bond acceptors (Lipinski definition) is 1. The van der Waals surface area contributed by atoms with Crippen molar-refractivity contribution in [3.05, 3.63) is 84.0 Å². The van der Waals surface area contributed by atoms with Crippen molar-refractivity contribution in [2.24, 2.45) is 0 Å². The summed E-state index contributed by atoms with van der Waals surface area (Å²) in [5.74, 6) is 0.0526. The number of ketones is 1. The number of hydrogen-bond donors (Lipinski definition) is 0. The van der Waals surface area contributed by atoms with Crippen LogP contribution in [0, 0.1) is 0 Å². The van der Waals surface area contributed by atoms with Crippen LogP contribution >= 0.6 is 0 Å². The molecule has 2 rings (SSSR count). The molecule has 0 unspecified atom stereocenters. The molecule has 0 heterocycles. The normalized spacial score (nSPS) is 18.1. The largest absolute Gasteiger partial charge is 0.289 e. The van der Waals surface area contributed by atoms with Gasteiger partial charge in [0, 0.05) is 11.1 Å². The number of carbonyl (C=O) groups is 1. The van der Waals surface area contributed by atoms with E-state index in [1.807, 2.05) is 72.9 Å². The molecule has 78 valence electrons. The van der Waals surface area contributed by atoms with Gasteiger partial charge in [-0.05, 0) is 0 Å². The molecule has 1 aromatic rings. The second-order valence-corrected chi connectivity index (χ2v) is 3.45. The van der Waals surface area contributed by atoms with E-state index >= 15 is 0 Å². The zero-order chi connectivity index (χ0) is 11.2. The van der Waals surface area contributed by atoms with Crippen molar-refractivity contribution in [1.82, 2.24) is 0 Å². The van der Waals surface area contributed by atoms with E-state index in [-0.39, 0.29) is 5.78 Å². The molecule has 0 fully saturated rings. The van der Waals surface area contributed by atoms with Gasteiger partial charge in [0.1, 0.15) is 0 Å². The molecule has 0 amide bonds. The van der Waals surface area contributed by atoms with Crippen LogP contribution in [0.3, 0.4) is 0 Å². The van der Waals surface area contributed by atoms with E-state index in [2.05, 4.69) is 0 Å². The summed E-state index contributed by atoms with van der Waals surface area (Å²) in [4.78, 5) is 12.1. The number of allylic oxidation sites excluding steroid dienone is 8. The molecule has 1 aliphatic carbocycles. The summed E-state index contributed by atoms with van der Waals surface area (Å²) in [6, 6.07) is 9.30. The Hall–Kier alpha value is -2.15. The topological polar surface area (TPSA) is 17.1 Å². The van der Waals surface area contributed by atoms with Gasteiger partial charge < -0.3 is 0 Å². The Morgan fingerprint density at radius 1 is 0.812 bits per heavy atom. The lowest BCUT2D eigenvalue weighted by molar-refractivity contribution is 0.103. The van der Waals surface area contributed by atoms with Gasteiger partial charge in [0.2, 0.25) is 0 Å². The minimum atomic E-state index is 0.0526. The van der Waals surface area contributed by atoms with Gasteiger partial charge in [-0.25, -0.2) is 0 Å². The number of carbonyl (C=O) groups excluding carboxylic acids is 1. The fourth-order valence-electron chi connectivity index (χ4n) is 1.47. The van der Waals surface area contributed by atoms with E-state index in [4.69, 9.17) is 0 Å². The maximum atomic E-state index is 12.1. The van der Waals surface area contributed by atoms with Crippen molar-refractivity contribution in [2.45, 2.75) is 0 Å². The van der Waals surface area contributed by atoms with Crippen LogP contribution in [-0.4, -0.2) is 5.78 Å². The molecule has 0 aromatic heterocycles. The molecule has 1 aromatic carbocycles. The zero-order valence-electron chi connectivity index (χ0n) is 8.84. The highest BCUT2D eigenvalue weighted by atomic mass is 16.1. The highest BCUT2D eigenvalue weighted by Crippen LogP contribution is 2.11. The average molecular weight is 208 g/mol. The van der Waals surface area contributed by atoms with Gasteiger partial charge in [-0.15, -0.1) is 0 Å². The van der Waals surface area contributed by atoms with Crippen molar-refractivity contribution in [2.75, 3.05) is 0 Å². The first-order valence-electron chi connectivity index (χ1n) is 5.19. The fourth-order valence-corrected chi connectivity index (χ4v) is 1.47. The van der Waals surface area contributed by atoms with Crippen LogP contribution in [0.1, 0.15) is 10.4 Å². The third-order valence-electron chi connectivity index (χ3n) is 2.29. The molecule has 0 spiro atoms. The predicted molar refractivity (Wildman–Crippen MR) is 66.3 cm³/mol. The van der Waals surface area contributed by atoms with Gasteiger partial charge in [-0.3, -0.25) is 4.79 Å². The average Bonchev–Trinajstić information content (AvgIpc) is 2.29. The van der Waals surface area contributed by atoms with E-state index in [0.29, 0.717) is 5.57 Å². The Kier molecular flexibility index (Phi) is 3.29. The highest BCUT2D eigenvalue weighted by Gasteiger charge is 2.07. The molecule has 0 saturated carbocycles. The van der Waals surface area contributed by atoms with Crippen LogP contribution < -0.4 is 0 Å². The van der Waals surface area contributed by atoms with Crippen LogP contribution in [-0.2, 0) is 0 Å². The maximum Gasteiger partial charge on any atom is 0.193 e. The molecule has 1 heteroatoms. The Labute approximate surface area is 95.1 Å². The first-order chi connectivity index (χ1) is 7.88. The van der Waals surface area contributed by atoms with Crippen molar-refractivity contribution in [1.29, 1.82) is 0 Å². The summed E-state index contributed by atoms with van der Waals surface area (Å²) in [6.45, 7) is 0. The van der Waals surface area contributed by atoms with Crippen LogP contribution in [0.5, 0.6) is 0 Å². The highest BCUT2D eigenvalue weighted by molar-refractivity contribution is 6.10. The predicted octanol–water partition coefficient (Wildman–Crippen LogP) is 3.48. The van der Waals surface area contributed by atoms with Crippen LogP contribution in [0.2, 0.25) is 0 Å². The minimum absolute atomic E-state index is 0.0526. The number of Topliss-reactive ketones (excluding diaryl/α,β-unsaturated/α-hetero) is 1. The van der Waals surface area contributed by atoms with E-state index in [0.717, 1.165) is 5.56 Å². The standard InChI is InChI=1S/C15H12O/c16-15(14-11-7-4-8-12-14)13-9-5-2-1-3-6-10-13/h1-12H/b2-1-,3-1?,5-2?,6-3-,9-5?,10-6?,13-9?,13-10?. The second-order valence-electron chi connectivity index (χ2n) is 3.45. The summed E-state index contributed by atoms with van der Waals surface area (Å²) >= 11 is 0. The zero-order valence-corrected chi connectivity index (χ0v) is 8.84. The summed E-state index contributed by atoms with van der Waals surface area (Å²) in [6.07, 6.45) is 13.1. The lowest BCUT2D eigenvalue weighted by atomic mass is 10.0. The summed E-state index contributed by atoms with van der Waals surface area (Å²) in [7, 11) is 0. The molecule has 0 aliphatic heterocycles. The van der Waals surface area contributed by atoms with Gasteiger partial charge in [-0.2, -0.15) is 0 Å². The maximum absolute atomic E-state index is 12.1. The van der Waals surface area contributed by atoms with Gasteiger partial charge in [0.15, 0.2) is 5.78 Å². The lowest BCUT2D eigenvalue weighted by Gasteiger charge is -2.01. The smallest absolute Gasteiger partial charge is 0.193 e. The second kappa shape index (κ2) is 5.08. The Morgan fingerprint density at radius 3 is 2.31 bits per heavy atom. The lowest BCUT2D eigenvalue weighted by Crippen LogP contribution is -2.01. The monoisotopic (exact) mass is 208 g/mol. The van der Waals surface area contributed by atoms with E-state index in [1.54, 1.807) is 0 Å². The fraction of sp³-hybridized carbons (Fsp3) is 0. The van der Waals surface area contributed by atoms with Crippen LogP contribution in [0.4, 0.5) is 0 Å². The quantitative estimate of drug-likeness (QED) is 0.680. The number of benzene rings is 1. The van der Waals surface area contributed by atoms with E-state index in [1.165, 1.54) is 0 Å². The summed E-state index contributed by atoms with van der Waals surface area (Å²) in [5.41, 5.74) is 1.42. The van der Waals surface area contributed by atoms with Gasteiger partial charge in [-0.1, -0.05) is 72.9 Å². The Balaban J connectivity index is 2.29. The van der Waals surface area contributed by atoms with Crippen molar-refractivity contribution in [3.8, 4) is 0 Å². The molecular weight excluding hydrogens is 196 g/mol. The minimum Gasteiger partial charge on any atom is -0.289 e. The third kappa shape index (κ3) is 2.45. The molecule has 0 bridgehead atoms. The first-order valence-corrected chi connectivity index (χ1v) is 5.19. The Morgan fingerprint density at radius 2 is 1.50 bits per heavy atom. The first kappa shape index (κ1) is 10.4. The van der Waals surface area contributed by atoms with E-state index in [9.17, 15) is 4.79 Å². The van der Waals surface area contributed by atoms with Crippen LogP contribution in [0.15, 0.2) is 78.4 Å². The number of rotatable bonds is 2. The molecule has 0 atom stereocenters. The van der Waals surface area contributed by atoms with Crippen molar-refractivity contribution in [3.63, 3.8) is 0 Å². The molecule has 1 nitrogen and oxygen atoms in total. The molecule has 1 aliphatic rings. The van der Waals surface area contributed by atoms with Crippen LogP contribution in [0.25, 0.3) is 0 Å². The Bertz CT molecular complexity index is 487. The molecule has 0 saturated heterocycles. The summed E-state index contributed by atoms with van der Waals surface area (Å²) < 4.78 is 0. The van der Waals surface area contributed by atoms with E-state index < -0.39 is 0 Å². The molecule has 16 heavy (non-hydrogen) atoms.